The molecule has 0 unspecified atom stereocenters. The summed E-state index contributed by atoms with van der Waals surface area (Å²) >= 11 is 7.05. The molecule has 1 N–H and O–H groups in total. The fraction of sp³-hybridized carbons (Fsp3) is 0.143. The first kappa shape index (κ1) is 12.3. The molecule has 2 heterocycles. The first-order chi connectivity index (χ1) is 9.24. The highest BCUT2D eigenvalue weighted by molar-refractivity contribution is 7.73. The monoisotopic (exact) mass is 287 g/mol. The summed E-state index contributed by atoms with van der Waals surface area (Å²) in [7, 11) is 0. The molecule has 0 aliphatic carbocycles. The molecular formula is C14H13N3S2. The van der Waals surface area contributed by atoms with Crippen LogP contribution in [-0.2, 0) is 6.67 Å². The zero-order chi connectivity index (χ0) is 13.2. The van der Waals surface area contributed by atoms with Crippen LogP contribution in [0.2, 0.25) is 0 Å². The number of para-hydroxylation sites is 1. The van der Waals surface area contributed by atoms with Gasteiger partial charge in [-0.25, -0.2) is 4.98 Å². The van der Waals surface area contributed by atoms with Gasteiger partial charge in [-0.3, -0.25) is 0 Å². The lowest BCUT2D eigenvalue weighted by molar-refractivity contribution is 0.802. The number of benzene rings is 1. The molecule has 19 heavy (non-hydrogen) atoms. The van der Waals surface area contributed by atoms with Crippen LogP contribution in [0.25, 0.3) is 10.2 Å². The Morgan fingerprint density at radius 3 is 3.00 bits per heavy atom. The summed E-state index contributed by atoms with van der Waals surface area (Å²) in [6.45, 7) is 2.69. The molecule has 2 aromatic heterocycles. The number of thiazole rings is 1. The Morgan fingerprint density at radius 2 is 2.16 bits per heavy atom. The van der Waals surface area contributed by atoms with Crippen molar-refractivity contribution in [3.05, 3.63) is 52.1 Å². The maximum absolute atomic E-state index is 5.42. The van der Waals surface area contributed by atoms with E-state index < -0.39 is 0 Å². The molecule has 0 atom stereocenters. The van der Waals surface area contributed by atoms with Crippen molar-refractivity contribution in [3.63, 3.8) is 0 Å². The molecule has 0 saturated heterocycles. The van der Waals surface area contributed by atoms with Crippen LogP contribution in [0.5, 0.6) is 0 Å². The fourth-order valence-electron chi connectivity index (χ4n) is 1.96. The lowest BCUT2D eigenvalue weighted by Gasteiger charge is -2.08. The van der Waals surface area contributed by atoms with Crippen molar-refractivity contribution in [1.29, 1.82) is 0 Å². The average Bonchev–Trinajstić information content (AvgIpc) is 2.72. The van der Waals surface area contributed by atoms with Crippen LogP contribution in [0.15, 0.2) is 42.6 Å². The Bertz CT molecular complexity index is 773. The summed E-state index contributed by atoms with van der Waals surface area (Å²) in [4.78, 5) is 4.29. The molecule has 3 rings (SSSR count). The van der Waals surface area contributed by atoms with Gasteiger partial charge in [-0.2, -0.15) is 0 Å². The van der Waals surface area contributed by atoms with E-state index in [2.05, 4.69) is 33.9 Å². The van der Waals surface area contributed by atoms with Crippen molar-refractivity contribution >= 4 is 39.6 Å². The van der Waals surface area contributed by atoms with E-state index in [9.17, 15) is 0 Å². The van der Waals surface area contributed by atoms with E-state index in [1.54, 1.807) is 11.3 Å². The maximum atomic E-state index is 5.42. The van der Waals surface area contributed by atoms with Crippen LogP contribution < -0.4 is 5.32 Å². The van der Waals surface area contributed by atoms with Crippen molar-refractivity contribution in [2.24, 2.45) is 0 Å². The largest absolute Gasteiger partial charge is 0.352 e. The average molecular weight is 287 g/mol. The molecule has 1 aromatic carbocycles. The van der Waals surface area contributed by atoms with Gasteiger partial charge in [0.05, 0.1) is 16.9 Å². The van der Waals surface area contributed by atoms with Crippen molar-refractivity contribution in [2.75, 3.05) is 5.32 Å². The van der Waals surface area contributed by atoms with Crippen molar-refractivity contribution in [2.45, 2.75) is 13.6 Å². The number of aryl methyl sites for hydroxylation is 1. The molecule has 0 saturated carbocycles. The predicted octanol–water partition coefficient (Wildman–Crippen LogP) is 4.21. The molecule has 0 radical (unpaired) electrons. The van der Waals surface area contributed by atoms with Gasteiger partial charge >= 0.3 is 0 Å². The Morgan fingerprint density at radius 1 is 1.32 bits per heavy atom. The minimum absolute atomic E-state index is 0.638. The second kappa shape index (κ2) is 5.11. The molecular weight excluding hydrogens is 274 g/mol. The van der Waals surface area contributed by atoms with E-state index in [1.165, 1.54) is 10.3 Å². The molecule has 0 fully saturated rings. The molecule has 0 amide bonds. The van der Waals surface area contributed by atoms with Crippen LogP contribution in [0.3, 0.4) is 0 Å². The molecule has 5 heteroatoms. The molecule has 96 valence electrons. The second-order valence-corrected chi connectivity index (χ2v) is 5.99. The number of fused-ring (bicyclic) bond motifs is 1. The van der Waals surface area contributed by atoms with E-state index in [4.69, 9.17) is 12.2 Å². The van der Waals surface area contributed by atoms with E-state index in [0.29, 0.717) is 6.67 Å². The Labute approximate surface area is 120 Å². The zero-order valence-corrected chi connectivity index (χ0v) is 12.1. The lowest BCUT2D eigenvalue weighted by Crippen LogP contribution is -2.08. The molecule has 0 aliphatic heterocycles. The maximum Gasteiger partial charge on any atom is 0.163 e. The lowest BCUT2D eigenvalue weighted by atomic mass is 10.3. The van der Waals surface area contributed by atoms with E-state index in [0.717, 1.165) is 15.3 Å². The number of rotatable bonds is 3. The van der Waals surface area contributed by atoms with Crippen molar-refractivity contribution < 1.29 is 0 Å². The van der Waals surface area contributed by atoms with Crippen LogP contribution in [0, 0.1) is 10.9 Å². The minimum Gasteiger partial charge on any atom is -0.352 e. The first-order valence-corrected chi connectivity index (χ1v) is 7.21. The quantitative estimate of drug-likeness (QED) is 0.732. The third-order valence-corrected chi connectivity index (χ3v) is 4.34. The normalized spacial score (nSPS) is 10.8. The topological polar surface area (TPSA) is 29.9 Å². The molecule has 3 aromatic rings. The van der Waals surface area contributed by atoms with Gasteiger partial charge in [-0.15, -0.1) is 11.3 Å². The molecule has 0 aliphatic rings. The summed E-state index contributed by atoms with van der Waals surface area (Å²) in [5.41, 5.74) is 2.36. The minimum atomic E-state index is 0.638. The van der Waals surface area contributed by atoms with Gasteiger partial charge in [0, 0.05) is 6.20 Å². The third kappa shape index (κ3) is 2.52. The number of nitrogens with one attached hydrogen (secondary N) is 1. The van der Waals surface area contributed by atoms with Gasteiger partial charge in [0.1, 0.15) is 5.82 Å². The van der Waals surface area contributed by atoms with Crippen LogP contribution in [-0.4, -0.2) is 9.55 Å². The highest BCUT2D eigenvalue weighted by Crippen LogP contribution is 2.22. The molecule has 0 spiro atoms. The summed E-state index contributed by atoms with van der Waals surface area (Å²) in [5.74, 6) is 0.872. The number of pyridine rings is 1. The van der Waals surface area contributed by atoms with Crippen LogP contribution in [0.1, 0.15) is 5.56 Å². The summed E-state index contributed by atoms with van der Waals surface area (Å²) in [6.07, 6.45) is 1.81. The number of anilines is 1. The third-order valence-electron chi connectivity index (χ3n) is 2.91. The first-order valence-electron chi connectivity index (χ1n) is 5.99. The van der Waals surface area contributed by atoms with Crippen molar-refractivity contribution in [3.8, 4) is 0 Å². The SMILES string of the molecule is Cc1ccnc(NCn2c(=S)sc3ccccc32)c1. The summed E-state index contributed by atoms with van der Waals surface area (Å²) < 4.78 is 4.19. The highest BCUT2D eigenvalue weighted by Gasteiger charge is 2.04. The highest BCUT2D eigenvalue weighted by atomic mass is 32.1. The predicted molar refractivity (Wildman–Crippen MR) is 83.2 cm³/mol. The van der Waals surface area contributed by atoms with Gasteiger partial charge in [-0.1, -0.05) is 12.1 Å². The Kier molecular flexibility index (Phi) is 3.31. The van der Waals surface area contributed by atoms with Crippen LogP contribution in [0.4, 0.5) is 5.82 Å². The number of nitrogens with zero attached hydrogens (tertiary/aromatic N) is 2. The smallest absolute Gasteiger partial charge is 0.163 e. The van der Waals surface area contributed by atoms with Gasteiger partial charge in [0.15, 0.2) is 3.95 Å². The number of aromatic nitrogens is 2. The Balaban J connectivity index is 1.90. The van der Waals surface area contributed by atoms with E-state index in [-0.39, 0.29) is 0 Å². The Hall–Kier alpha value is -1.72. The van der Waals surface area contributed by atoms with Crippen molar-refractivity contribution in [1.82, 2.24) is 9.55 Å². The van der Waals surface area contributed by atoms with E-state index >= 15 is 0 Å². The van der Waals surface area contributed by atoms with Crippen LogP contribution >= 0.6 is 23.6 Å². The van der Waals surface area contributed by atoms with E-state index in [1.807, 2.05) is 30.5 Å². The summed E-state index contributed by atoms with van der Waals surface area (Å²) in [6, 6.07) is 12.3. The standard InChI is InChI=1S/C14H13N3S2/c1-10-6-7-15-13(8-10)16-9-17-11-4-2-3-5-12(11)19-14(17)18/h2-8H,9H2,1H3,(H,15,16). The second-order valence-electron chi connectivity index (χ2n) is 4.32. The van der Waals surface area contributed by atoms with Gasteiger partial charge in [0.25, 0.3) is 0 Å². The zero-order valence-electron chi connectivity index (χ0n) is 10.5. The summed E-state index contributed by atoms with van der Waals surface area (Å²) in [5, 5.41) is 3.31. The molecule has 0 bridgehead atoms. The number of hydrogen-bond donors (Lipinski definition) is 1. The van der Waals surface area contributed by atoms with Gasteiger partial charge in [0.2, 0.25) is 0 Å². The fourth-order valence-corrected chi connectivity index (χ4v) is 3.28. The molecule has 3 nitrogen and oxygen atoms in total. The number of hydrogen-bond acceptors (Lipinski definition) is 4. The van der Waals surface area contributed by atoms with Gasteiger partial charge < -0.3 is 9.88 Å². The van der Waals surface area contributed by atoms with Gasteiger partial charge in [-0.05, 0) is 49.0 Å².